The van der Waals surface area contributed by atoms with E-state index in [2.05, 4.69) is 25.1 Å². The Kier molecular flexibility index (Phi) is 5.75. The Labute approximate surface area is 166 Å². The topological polar surface area (TPSA) is 81.7 Å². The van der Waals surface area contributed by atoms with Gasteiger partial charge < -0.3 is 15.1 Å². The molecular weight excluding hydrogens is 356 g/mol. The van der Waals surface area contributed by atoms with Gasteiger partial charge in [-0.1, -0.05) is 12.8 Å². The number of hydrogen-bond donors (Lipinski definition) is 1. The monoisotopic (exact) mass is 386 g/mol. The maximum absolute atomic E-state index is 13.4. The van der Waals surface area contributed by atoms with E-state index < -0.39 is 0 Å². The van der Waals surface area contributed by atoms with Gasteiger partial charge in [-0.15, -0.1) is 0 Å². The molecule has 28 heavy (non-hydrogen) atoms. The van der Waals surface area contributed by atoms with Crippen molar-refractivity contribution in [1.82, 2.24) is 25.1 Å². The fourth-order valence-corrected chi connectivity index (χ4v) is 5.01. The largest absolute Gasteiger partial charge is 0.358 e. The molecule has 0 radical (unpaired) electrons. The fourth-order valence-electron chi connectivity index (χ4n) is 5.01. The highest BCUT2D eigenvalue weighted by atomic mass is 16.2. The molecule has 3 fully saturated rings. The first-order chi connectivity index (χ1) is 13.7. The highest BCUT2D eigenvalue weighted by Crippen LogP contribution is 2.41. The SMILES string of the molecule is CNC(=O)CN1CCN(C(=O)C2CC3CCCCC3N2c2ncccn2)CC1. The van der Waals surface area contributed by atoms with E-state index in [1.165, 1.54) is 19.3 Å². The number of nitrogens with zero attached hydrogens (tertiary/aromatic N) is 5. The number of aromatic nitrogens is 2. The van der Waals surface area contributed by atoms with Gasteiger partial charge in [-0.25, -0.2) is 9.97 Å². The summed E-state index contributed by atoms with van der Waals surface area (Å²) in [6.07, 6.45) is 9.20. The summed E-state index contributed by atoms with van der Waals surface area (Å²) in [7, 11) is 1.65. The third-order valence-corrected chi connectivity index (χ3v) is 6.49. The normalized spacial score (nSPS) is 28.1. The molecule has 1 saturated carbocycles. The molecule has 2 amide bonds. The van der Waals surface area contributed by atoms with Crippen molar-refractivity contribution in [1.29, 1.82) is 0 Å². The lowest BCUT2D eigenvalue weighted by atomic mass is 9.84. The van der Waals surface area contributed by atoms with Crippen LogP contribution in [0.4, 0.5) is 5.95 Å². The van der Waals surface area contributed by atoms with Crippen LogP contribution in [0.1, 0.15) is 32.1 Å². The molecule has 2 aliphatic heterocycles. The summed E-state index contributed by atoms with van der Waals surface area (Å²) in [6, 6.07) is 2.03. The van der Waals surface area contributed by atoms with Crippen LogP contribution in [-0.4, -0.2) is 83.4 Å². The molecule has 0 aromatic carbocycles. The van der Waals surface area contributed by atoms with E-state index in [1.54, 1.807) is 19.4 Å². The summed E-state index contributed by atoms with van der Waals surface area (Å²) in [5, 5.41) is 2.66. The first-order valence-corrected chi connectivity index (χ1v) is 10.4. The standard InChI is InChI=1S/C20H30N6O2/c1-21-18(27)14-24-9-11-25(12-10-24)19(28)17-13-15-5-2-3-6-16(15)26(17)20-22-7-4-8-23-20/h4,7-8,15-17H,2-3,5-6,9-14H2,1H3,(H,21,27). The zero-order chi connectivity index (χ0) is 19.5. The van der Waals surface area contributed by atoms with Crippen LogP contribution in [0.2, 0.25) is 0 Å². The second-order valence-corrected chi connectivity index (χ2v) is 8.09. The second-order valence-electron chi connectivity index (χ2n) is 8.09. The summed E-state index contributed by atoms with van der Waals surface area (Å²) in [6.45, 7) is 3.22. The van der Waals surface area contributed by atoms with Crippen LogP contribution in [0.15, 0.2) is 18.5 Å². The van der Waals surface area contributed by atoms with Crippen molar-refractivity contribution in [3.05, 3.63) is 18.5 Å². The minimum absolute atomic E-state index is 0.0204. The van der Waals surface area contributed by atoms with Gasteiger partial charge in [-0.3, -0.25) is 14.5 Å². The van der Waals surface area contributed by atoms with Crippen molar-refractivity contribution >= 4 is 17.8 Å². The van der Waals surface area contributed by atoms with Crippen LogP contribution in [0.25, 0.3) is 0 Å². The van der Waals surface area contributed by atoms with Crippen LogP contribution in [0.3, 0.4) is 0 Å². The molecule has 3 aliphatic rings. The van der Waals surface area contributed by atoms with Crippen LogP contribution in [0, 0.1) is 5.92 Å². The van der Waals surface area contributed by atoms with Crippen LogP contribution in [0.5, 0.6) is 0 Å². The quantitative estimate of drug-likeness (QED) is 0.812. The Hall–Kier alpha value is -2.22. The van der Waals surface area contributed by atoms with Gasteiger partial charge in [0.15, 0.2) is 0 Å². The Morgan fingerprint density at radius 3 is 2.54 bits per heavy atom. The molecule has 3 unspecified atom stereocenters. The van der Waals surface area contributed by atoms with Crippen LogP contribution >= 0.6 is 0 Å². The summed E-state index contributed by atoms with van der Waals surface area (Å²) in [5.41, 5.74) is 0. The van der Waals surface area contributed by atoms with Crippen molar-refractivity contribution in [2.75, 3.05) is 44.7 Å². The molecule has 0 bridgehead atoms. The van der Waals surface area contributed by atoms with E-state index in [-0.39, 0.29) is 17.9 Å². The molecule has 1 N–H and O–H groups in total. The van der Waals surface area contributed by atoms with Crippen LogP contribution < -0.4 is 10.2 Å². The van der Waals surface area contributed by atoms with Crippen molar-refractivity contribution in [3.8, 4) is 0 Å². The van der Waals surface area contributed by atoms with Gasteiger partial charge in [-0.2, -0.15) is 0 Å². The maximum Gasteiger partial charge on any atom is 0.245 e. The highest BCUT2D eigenvalue weighted by molar-refractivity contribution is 5.86. The molecule has 3 heterocycles. The molecule has 4 rings (SSSR count). The summed E-state index contributed by atoms with van der Waals surface area (Å²) >= 11 is 0. The van der Waals surface area contributed by atoms with Gasteiger partial charge in [0.05, 0.1) is 6.54 Å². The smallest absolute Gasteiger partial charge is 0.245 e. The molecule has 1 aliphatic carbocycles. The average molecular weight is 387 g/mol. The van der Waals surface area contributed by atoms with Crippen molar-refractivity contribution in [2.45, 2.75) is 44.2 Å². The lowest BCUT2D eigenvalue weighted by molar-refractivity contribution is -0.134. The molecule has 8 nitrogen and oxygen atoms in total. The summed E-state index contributed by atoms with van der Waals surface area (Å²) < 4.78 is 0. The number of hydrogen-bond acceptors (Lipinski definition) is 6. The molecular formula is C20H30N6O2. The third kappa shape index (κ3) is 3.83. The lowest BCUT2D eigenvalue weighted by Crippen LogP contribution is -2.55. The summed E-state index contributed by atoms with van der Waals surface area (Å²) in [4.78, 5) is 40.3. The third-order valence-electron chi connectivity index (χ3n) is 6.49. The van der Waals surface area contributed by atoms with Gasteiger partial charge in [0.2, 0.25) is 17.8 Å². The van der Waals surface area contributed by atoms with Gasteiger partial charge >= 0.3 is 0 Å². The van der Waals surface area contributed by atoms with E-state index >= 15 is 0 Å². The minimum atomic E-state index is -0.166. The van der Waals surface area contributed by atoms with E-state index in [4.69, 9.17) is 0 Å². The Bertz CT molecular complexity index is 691. The Morgan fingerprint density at radius 2 is 1.82 bits per heavy atom. The number of amides is 2. The maximum atomic E-state index is 13.4. The van der Waals surface area contributed by atoms with Crippen molar-refractivity contribution in [2.24, 2.45) is 5.92 Å². The first kappa shape index (κ1) is 19.1. The number of anilines is 1. The van der Waals surface area contributed by atoms with Crippen molar-refractivity contribution in [3.63, 3.8) is 0 Å². The van der Waals surface area contributed by atoms with Gasteiger partial charge in [0.1, 0.15) is 6.04 Å². The molecule has 1 aromatic rings. The zero-order valence-corrected chi connectivity index (χ0v) is 16.6. The summed E-state index contributed by atoms with van der Waals surface area (Å²) in [5.74, 6) is 1.46. The number of carbonyl (C=O) groups is 2. The molecule has 1 aromatic heterocycles. The lowest BCUT2D eigenvalue weighted by Gasteiger charge is -2.38. The Balaban J connectivity index is 1.46. The number of fused-ring (bicyclic) bond motifs is 1. The van der Waals surface area contributed by atoms with Gasteiger partial charge in [0, 0.05) is 51.7 Å². The zero-order valence-electron chi connectivity index (χ0n) is 16.6. The number of rotatable bonds is 4. The van der Waals surface area contributed by atoms with Crippen LogP contribution in [-0.2, 0) is 9.59 Å². The predicted octanol–water partition coefficient (Wildman–Crippen LogP) is 0.504. The molecule has 3 atom stereocenters. The highest BCUT2D eigenvalue weighted by Gasteiger charge is 2.47. The fraction of sp³-hybridized carbons (Fsp3) is 0.700. The van der Waals surface area contributed by atoms with Crippen molar-refractivity contribution < 1.29 is 9.59 Å². The number of likely N-dealkylation sites (N-methyl/N-ethyl adjacent to an activating group) is 1. The van der Waals surface area contributed by atoms with E-state index in [9.17, 15) is 9.59 Å². The van der Waals surface area contributed by atoms with Gasteiger partial charge in [0.25, 0.3) is 0 Å². The molecule has 0 spiro atoms. The predicted molar refractivity (Wildman–Crippen MR) is 106 cm³/mol. The average Bonchev–Trinajstić information content (AvgIpc) is 3.14. The van der Waals surface area contributed by atoms with E-state index in [0.29, 0.717) is 37.5 Å². The Morgan fingerprint density at radius 1 is 1.11 bits per heavy atom. The minimum Gasteiger partial charge on any atom is -0.358 e. The molecule has 152 valence electrons. The van der Waals surface area contributed by atoms with Gasteiger partial charge in [-0.05, 0) is 31.2 Å². The van der Waals surface area contributed by atoms with E-state index in [0.717, 1.165) is 25.9 Å². The number of nitrogens with one attached hydrogen (secondary N) is 1. The van der Waals surface area contributed by atoms with E-state index in [1.807, 2.05) is 11.0 Å². The first-order valence-electron chi connectivity index (χ1n) is 10.4. The second kappa shape index (κ2) is 8.43. The molecule has 8 heteroatoms. The number of piperazine rings is 1. The molecule has 2 saturated heterocycles. The number of carbonyl (C=O) groups excluding carboxylic acids is 2.